The Morgan fingerprint density at radius 3 is 2.46 bits per heavy atom. The van der Waals surface area contributed by atoms with Gasteiger partial charge in [-0.25, -0.2) is 8.78 Å². The summed E-state index contributed by atoms with van der Waals surface area (Å²) in [7, 11) is 0. The minimum absolute atomic E-state index is 0.164. The van der Waals surface area contributed by atoms with Crippen LogP contribution in [-0.4, -0.2) is 53.8 Å². The Morgan fingerprint density at radius 2 is 1.81 bits per heavy atom. The van der Waals surface area contributed by atoms with Gasteiger partial charge < -0.3 is 15.5 Å². The Balaban J connectivity index is 1.57. The highest BCUT2D eigenvalue weighted by Gasteiger charge is 2.28. The van der Waals surface area contributed by atoms with Gasteiger partial charge in [-0.1, -0.05) is 6.07 Å². The second-order valence-corrected chi connectivity index (χ2v) is 7.16. The molecule has 1 unspecified atom stereocenters. The van der Waals surface area contributed by atoms with E-state index in [-0.39, 0.29) is 24.6 Å². The van der Waals surface area contributed by atoms with E-state index in [0.717, 1.165) is 23.1 Å². The molecular weight excluding hydrogens is 360 g/mol. The lowest BCUT2D eigenvalue weighted by Gasteiger charge is -2.36. The Hall–Kier alpha value is -2.32. The Kier molecular flexibility index (Phi) is 5.63. The molecule has 0 saturated carbocycles. The maximum atomic E-state index is 13.8. The Labute approximate surface area is 154 Å². The second kappa shape index (κ2) is 7.92. The molecule has 8 heteroatoms. The number of rotatable bonds is 4. The molecule has 2 aromatic rings. The number of carbonyl (C=O) groups is 2. The zero-order valence-corrected chi connectivity index (χ0v) is 14.8. The van der Waals surface area contributed by atoms with Crippen molar-refractivity contribution in [2.24, 2.45) is 5.73 Å². The Bertz CT molecular complexity index is 790. The van der Waals surface area contributed by atoms with Crippen LogP contribution in [-0.2, 0) is 11.2 Å². The molecule has 2 N–H and O–H groups in total. The topological polar surface area (TPSA) is 66.6 Å². The zero-order chi connectivity index (χ0) is 18.7. The summed E-state index contributed by atoms with van der Waals surface area (Å²) in [5.41, 5.74) is 5.71. The summed E-state index contributed by atoms with van der Waals surface area (Å²) in [6, 6.07) is 6.02. The number of amides is 2. The minimum Gasteiger partial charge on any atom is -0.338 e. The largest absolute Gasteiger partial charge is 0.338 e. The van der Waals surface area contributed by atoms with E-state index < -0.39 is 23.6 Å². The maximum Gasteiger partial charge on any atom is 0.257 e. The first-order valence-corrected chi connectivity index (χ1v) is 9.15. The summed E-state index contributed by atoms with van der Waals surface area (Å²) in [4.78, 5) is 28.9. The smallest absolute Gasteiger partial charge is 0.257 e. The summed E-state index contributed by atoms with van der Waals surface area (Å²) in [6.07, 6.45) is 0.476. The fraction of sp³-hybridized carbons (Fsp3) is 0.333. The first kappa shape index (κ1) is 18.5. The molecule has 138 valence electrons. The van der Waals surface area contributed by atoms with Crippen LogP contribution >= 0.6 is 11.3 Å². The van der Waals surface area contributed by atoms with Crippen LogP contribution in [0.15, 0.2) is 35.7 Å². The quantitative estimate of drug-likeness (QED) is 0.882. The van der Waals surface area contributed by atoms with Gasteiger partial charge in [-0.3, -0.25) is 9.59 Å². The maximum absolute atomic E-state index is 13.8. The normalized spacial score (nSPS) is 15.8. The molecule has 1 aliphatic heterocycles. The van der Waals surface area contributed by atoms with Crippen molar-refractivity contribution in [1.29, 1.82) is 0 Å². The standard InChI is InChI=1S/C18H19F2N3O2S/c19-12-3-4-15(20)14(10-12)17(24)22-5-7-23(8-6-22)18(25)16(21)11-13-2-1-9-26-13/h1-4,9-10,16H,5-8,11,21H2. The van der Waals surface area contributed by atoms with Gasteiger partial charge in [-0.15, -0.1) is 11.3 Å². The molecule has 26 heavy (non-hydrogen) atoms. The van der Waals surface area contributed by atoms with Crippen molar-refractivity contribution in [3.05, 3.63) is 57.8 Å². The van der Waals surface area contributed by atoms with E-state index in [2.05, 4.69) is 0 Å². The van der Waals surface area contributed by atoms with E-state index in [1.54, 1.807) is 16.2 Å². The number of nitrogens with two attached hydrogens (primary N) is 1. The number of nitrogens with zero attached hydrogens (tertiary/aromatic N) is 2. The molecule has 5 nitrogen and oxygen atoms in total. The van der Waals surface area contributed by atoms with Crippen molar-refractivity contribution >= 4 is 23.2 Å². The lowest BCUT2D eigenvalue weighted by atomic mass is 10.1. The summed E-state index contributed by atoms with van der Waals surface area (Å²) in [6.45, 7) is 1.15. The average Bonchev–Trinajstić information content (AvgIpc) is 3.15. The summed E-state index contributed by atoms with van der Waals surface area (Å²) in [5, 5.41) is 1.93. The number of thiophene rings is 1. The van der Waals surface area contributed by atoms with Crippen LogP contribution < -0.4 is 5.73 Å². The third-order valence-corrected chi connectivity index (χ3v) is 5.25. The highest BCUT2D eigenvalue weighted by molar-refractivity contribution is 7.09. The van der Waals surface area contributed by atoms with Gasteiger partial charge in [0.15, 0.2) is 0 Å². The average molecular weight is 379 g/mol. The number of carbonyl (C=O) groups excluding carboxylic acids is 2. The molecule has 0 spiro atoms. The molecule has 3 rings (SSSR count). The zero-order valence-electron chi connectivity index (χ0n) is 14.0. The van der Waals surface area contributed by atoms with Crippen LogP contribution in [0, 0.1) is 11.6 Å². The van der Waals surface area contributed by atoms with Crippen LogP contribution in [0.1, 0.15) is 15.2 Å². The highest BCUT2D eigenvalue weighted by Crippen LogP contribution is 2.16. The van der Waals surface area contributed by atoms with Gasteiger partial charge in [-0.2, -0.15) is 0 Å². The number of benzene rings is 1. The van der Waals surface area contributed by atoms with Crippen LogP contribution in [0.25, 0.3) is 0 Å². The van der Waals surface area contributed by atoms with Crippen LogP contribution in [0.3, 0.4) is 0 Å². The first-order valence-electron chi connectivity index (χ1n) is 8.27. The van der Waals surface area contributed by atoms with Crippen molar-refractivity contribution in [1.82, 2.24) is 9.80 Å². The van der Waals surface area contributed by atoms with Crippen molar-refractivity contribution in [3.63, 3.8) is 0 Å². The second-order valence-electron chi connectivity index (χ2n) is 6.13. The van der Waals surface area contributed by atoms with Crippen molar-refractivity contribution in [2.75, 3.05) is 26.2 Å². The predicted octanol–water partition coefficient (Wildman–Crippen LogP) is 1.88. The van der Waals surface area contributed by atoms with Crippen molar-refractivity contribution in [2.45, 2.75) is 12.5 Å². The number of halogens is 2. The number of hydrogen-bond acceptors (Lipinski definition) is 4. The highest BCUT2D eigenvalue weighted by atomic mass is 32.1. The van der Waals surface area contributed by atoms with Crippen molar-refractivity contribution < 1.29 is 18.4 Å². The third-order valence-electron chi connectivity index (χ3n) is 4.36. The molecule has 1 aromatic heterocycles. The van der Waals surface area contributed by atoms with Gasteiger partial charge >= 0.3 is 0 Å². The summed E-state index contributed by atoms with van der Waals surface area (Å²) >= 11 is 1.55. The van der Waals surface area contributed by atoms with Gasteiger partial charge in [0.05, 0.1) is 11.6 Å². The monoisotopic (exact) mass is 379 g/mol. The third kappa shape index (κ3) is 4.08. The van der Waals surface area contributed by atoms with Gasteiger partial charge in [0.1, 0.15) is 11.6 Å². The molecule has 2 amide bonds. The predicted molar refractivity (Wildman–Crippen MR) is 94.8 cm³/mol. The molecule has 0 aliphatic carbocycles. The van der Waals surface area contributed by atoms with E-state index in [1.165, 1.54) is 4.90 Å². The molecule has 0 bridgehead atoms. The SMILES string of the molecule is NC(Cc1cccs1)C(=O)N1CCN(C(=O)c2cc(F)ccc2F)CC1. The van der Waals surface area contributed by atoms with Gasteiger partial charge in [0, 0.05) is 37.5 Å². The first-order chi connectivity index (χ1) is 12.5. The van der Waals surface area contributed by atoms with Gasteiger partial charge in [-0.05, 0) is 29.6 Å². The van der Waals surface area contributed by atoms with Crippen molar-refractivity contribution in [3.8, 4) is 0 Å². The molecule has 2 heterocycles. The van der Waals surface area contributed by atoms with E-state index >= 15 is 0 Å². The van der Waals surface area contributed by atoms with Crippen LogP contribution in [0.4, 0.5) is 8.78 Å². The Morgan fingerprint density at radius 1 is 1.12 bits per heavy atom. The number of hydrogen-bond donors (Lipinski definition) is 1. The van der Waals surface area contributed by atoms with Crippen LogP contribution in [0.2, 0.25) is 0 Å². The number of piperazine rings is 1. The molecule has 1 atom stereocenters. The van der Waals surface area contributed by atoms with Crippen LogP contribution in [0.5, 0.6) is 0 Å². The van der Waals surface area contributed by atoms with E-state index in [0.29, 0.717) is 19.5 Å². The molecule has 1 aromatic carbocycles. The molecule has 1 aliphatic rings. The lowest BCUT2D eigenvalue weighted by Crippen LogP contribution is -2.54. The molecule has 0 radical (unpaired) electrons. The molecule has 1 saturated heterocycles. The minimum atomic E-state index is -0.757. The molecule has 1 fully saturated rings. The molecular formula is C18H19F2N3O2S. The van der Waals surface area contributed by atoms with E-state index in [1.807, 2.05) is 17.5 Å². The van der Waals surface area contributed by atoms with E-state index in [9.17, 15) is 18.4 Å². The summed E-state index contributed by atoms with van der Waals surface area (Å²) in [5.74, 6) is -2.16. The lowest BCUT2D eigenvalue weighted by molar-refractivity contribution is -0.134. The van der Waals surface area contributed by atoms with Gasteiger partial charge in [0.2, 0.25) is 5.91 Å². The fourth-order valence-corrected chi connectivity index (χ4v) is 3.69. The fourth-order valence-electron chi connectivity index (χ4n) is 2.93. The van der Waals surface area contributed by atoms with Gasteiger partial charge in [0.25, 0.3) is 5.91 Å². The summed E-state index contributed by atoms with van der Waals surface area (Å²) < 4.78 is 27.1. The van der Waals surface area contributed by atoms with E-state index in [4.69, 9.17) is 5.73 Å².